The van der Waals surface area contributed by atoms with Crippen LogP contribution >= 0.6 is 0 Å². The van der Waals surface area contributed by atoms with Crippen molar-refractivity contribution in [3.8, 4) is 0 Å². The Morgan fingerprint density at radius 1 is 0.763 bits per heavy atom. The lowest BCUT2D eigenvalue weighted by atomic mass is 10.1. The molecule has 7 nitrogen and oxygen atoms in total. The van der Waals surface area contributed by atoms with E-state index in [9.17, 15) is 14.4 Å². The van der Waals surface area contributed by atoms with Crippen molar-refractivity contribution >= 4 is 17.9 Å². The first kappa shape index (κ1) is 33.4. The molecule has 1 saturated heterocycles. The second kappa shape index (κ2) is 21.3. The van der Waals surface area contributed by atoms with Gasteiger partial charge in [-0.25, -0.2) is 14.4 Å². The largest absolute Gasteiger partial charge is 0.462 e. The van der Waals surface area contributed by atoms with Gasteiger partial charge in [0.15, 0.2) is 0 Å². The Bertz CT molecular complexity index is 780. The first-order valence-corrected chi connectivity index (χ1v) is 14.3. The van der Waals surface area contributed by atoms with Crippen molar-refractivity contribution in [3.63, 3.8) is 0 Å². The number of unbranched alkanes of at least 4 members (excludes halogenated alkanes) is 10. The standard InChI is InChI=1S/C24H38O4.C7H10O3/c1-3-5-7-9-11-15-19-27-23(25)21-17-13-14-18-22(21)24(26)28-20-16-12-10-8-6-4-2;1-5(2)7(8)10-4-6-3-9-6/h13-14,17-18H,3-12,15-16,19-20H2,1-2H3;6H,1,3-4H2,2H3. The first-order valence-electron chi connectivity index (χ1n) is 14.3. The average molecular weight is 533 g/mol. The molecule has 1 unspecified atom stereocenters. The highest BCUT2D eigenvalue weighted by atomic mass is 16.6. The van der Waals surface area contributed by atoms with Crippen LogP contribution in [0.1, 0.15) is 119 Å². The van der Waals surface area contributed by atoms with Crippen LogP contribution in [0.5, 0.6) is 0 Å². The molecule has 38 heavy (non-hydrogen) atoms. The molecule has 0 N–H and O–H groups in total. The zero-order chi connectivity index (χ0) is 28.0. The maximum absolute atomic E-state index is 12.4. The quantitative estimate of drug-likeness (QED) is 0.0610. The fraction of sp³-hybridized carbons (Fsp3) is 0.645. The van der Waals surface area contributed by atoms with E-state index in [2.05, 4.69) is 20.4 Å². The lowest BCUT2D eigenvalue weighted by Crippen LogP contribution is -2.15. The van der Waals surface area contributed by atoms with Crippen molar-refractivity contribution in [2.24, 2.45) is 0 Å². The molecular weight excluding hydrogens is 484 g/mol. The number of carbonyl (C=O) groups is 3. The predicted octanol–water partition coefficient (Wildman–Crippen LogP) is 7.23. The first-order chi connectivity index (χ1) is 18.4. The number of rotatable bonds is 19. The highest BCUT2D eigenvalue weighted by Gasteiger charge is 2.24. The van der Waals surface area contributed by atoms with Gasteiger partial charge in [-0.05, 0) is 31.9 Å². The molecule has 1 atom stereocenters. The van der Waals surface area contributed by atoms with E-state index in [0.29, 0.717) is 43.1 Å². The van der Waals surface area contributed by atoms with Gasteiger partial charge in [0.1, 0.15) is 12.7 Å². The van der Waals surface area contributed by atoms with Crippen LogP contribution in [-0.2, 0) is 23.7 Å². The van der Waals surface area contributed by atoms with Gasteiger partial charge in [-0.15, -0.1) is 0 Å². The Morgan fingerprint density at radius 3 is 1.58 bits per heavy atom. The molecule has 1 heterocycles. The molecule has 0 bridgehead atoms. The van der Waals surface area contributed by atoms with Gasteiger partial charge in [0.25, 0.3) is 0 Å². The van der Waals surface area contributed by atoms with Gasteiger partial charge < -0.3 is 18.9 Å². The summed E-state index contributed by atoms with van der Waals surface area (Å²) in [6.07, 6.45) is 13.8. The zero-order valence-electron chi connectivity index (χ0n) is 23.8. The third kappa shape index (κ3) is 16.2. The second-order valence-electron chi connectivity index (χ2n) is 9.69. The van der Waals surface area contributed by atoms with E-state index in [-0.39, 0.29) is 12.1 Å². The second-order valence-corrected chi connectivity index (χ2v) is 9.69. The van der Waals surface area contributed by atoms with Gasteiger partial charge in [-0.2, -0.15) is 0 Å². The van der Waals surface area contributed by atoms with E-state index in [1.165, 1.54) is 51.4 Å². The molecule has 1 aliphatic rings. The van der Waals surface area contributed by atoms with E-state index in [4.69, 9.17) is 18.9 Å². The molecule has 1 aromatic rings. The zero-order valence-corrected chi connectivity index (χ0v) is 23.8. The van der Waals surface area contributed by atoms with Gasteiger partial charge in [-0.1, -0.05) is 96.8 Å². The molecule has 1 aromatic carbocycles. The van der Waals surface area contributed by atoms with Crippen LogP contribution in [-0.4, -0.2) is 50.4 Å². The van der Waals surface area contributed by atoms with Crippen molar-refractivity contribution in [2.45, 2.75) is 104 Å². The summed E-state index contributed by atoms with van der Waals surface area (Å²) in [4.78, 5) is 35.4. The van der Waals surface area contributed by atoms with Gasteiger partial charge in [-0.3, -0.25) is 0 Å². The summed E-state index contributed by atoms with van der Waals surface area (Å²) in [5.41, 5.74) is 1.02. The van der Waals surface area contributed by atoms with Crippen LogP contribution in [0.15, 0.2) is 36.4 Å². The normalized spacial score (nSPS) is 13.6. The number of ether oxygens (including phenoxy) is 4. The topological polar surface area (TPSA) is 91.4 Å². The van der Waals surface area contributed by atoms with E-state index < -0.39 is 11.9 Å². The van der Waals surface area contributed by atoms with Crippen LogP contribution < -0.4 is 0 Å². The van der Waals surface area contributed by atoms with Gasteiger partial charge in [0, 0.05) is 5.57 Å². The molecular formula is C31H48O7. The summed E-state index contributed by atoms with van der Waals surface area (Å²) in [6, 6.07) is 6.74. The lowest BCUT2D eigenvalue weighted by molar-refractivity contribution is -0.139. The highest BCUT2D eigenvalue weighted by molar-refractivity contribution is 6.03. The maximum Gasteiger partial charge on any atom is 0.339 e. The number of esters is 3. The summed E-state index contributed by atoms with van der Waals surface area (Å²) in [5, 5.41) is 0. The highest BCUT2D eigenvalue weighted by Crippen LogP contribution is 2.14. The Hall–Kier alpha value is -2.67. The SMILES string of the molecule is C=C(C)C(=O)OCC1CO1.CCCCCCCCOC(=O)c1ccccc1C(=O)OCCCCCCCC. The molecule has 0 amide bonds. The number of carbonyl (C=O) groups excluding carboxylic acids is 3. The minimum atomic E-state index is -0.444. The van der Waals surface area contributed by atoms with Crippen LogP contribution in [0.25, 0.3) is 0 Å². The summed E-state index contributed by atoms with van der Waals surface area (Å²) in [7, 11) is 0. The van der Waals surface area contributed by atoms with Crippen LogP contribution in [0.2, 0.25) is 0 Å². The summed E-state index contributed by atoms with van der Waals surface area (Å²) >= 11 is 0. The molecule has 0 aliphatic carbocycles. The minimum Gasteiger partial charge on any atom is -0.462 e. The lowest BCUT2D eigenvalue weighted by Gasteiger charge is -2.10. The van der Waals surface area contributed by atoms with Gasteiger partial charge in [0.2, 0.25) is 0 Å². The fourth-order valence-corrected chi connectivity index (χ4v) is 3.55. The van der Waals surface area contributed by atoms with Crippen LogP contribution in [0, 0.1) is 0 Å². The maximum atomic E-state index is 12.4. The third-order valence-electron chi connectivity index (χ3n) is 5.98. The van der Waals surface area contributed by atoms with Gasteiger partial charge in [0.05, 0.1) is 30.9 Å². The Kier molecular flexibility index (Phi) is 18.7. The van der Waals surface area contributed by atoms with Crippen LogP contribution in [0.3, 0.4) is 0 Å². The van der Waals surface area contributed by atoms with Crippen molar-refractivity contribution < 1.29 is 33.3 Å². The molecule has 7 heteroatoms. The summed E-state index contributed by atoms with van der Waals surface area (Å²) < 4.78 is 20.3. The average Bonchev–Trinajstić information content (AvgIpc) is 3.75. The van der Waals surface area contributed by atoms with Gasteiger partial charge >= 0.3 is 17.9 Å². The Morgan fingerprint density at radius 2 is 1.18 bits per heavy atom. The molecule has 0 saturated carbocycles. The van der Waals surface area contributed by atoms with Crippen molar-refractivity contribution in [2.75, 3.05) is 26.4 Å². The van der Waals surface area contributed by atoms with E-state index in [0.717, 1.165) is 25.7 Å². The molecule has 2 rings (SSSR count). The predicted molar refractivity (Wildman–Crippen MR) is 149 cm³/mol. The number of epoxide rings is 1. The van der Waals surface area contributed by atoms with Crippen LogP contribution in [0.4, 0.5) is 0 Å². The molecule has 1 aliphatic heterocycles. The molecule has 0 aromatic heterocycles. The molecule has 0 spiro atoms. The summed E-state index contributed by atoms with van der Waals surface area (Å²) in [5.74, 6) is -1.23. The molecule has 0 radical (unpaired) electrons. The smallest absolute Gasteiger partial charge is 0.339 e. The Balaban J connectivity index is 0.000000600. The third-order valence-corrected chi connectivity index (χ3v) is 5.98. The molecule has 214 valence electrons. The van der Waals surface area contributed by atoms with Crippen molar-refractivity contribution in [1.29, 1.82) is 0 Å². The number of benzene rings is 1. The minimum absolute atomic E-state index is 0.142. The van der Waals surface area contributed by atoms with E-state index >= 15 is 0 Å². The number of hydrogen-bond donors (Lipinski definition) is 0. The molecule has 1 fully saturated rings. The monoisotopic (exact) mass is 532 g/mol. The fourth-order valence-electron chi connectivity index (χ4n) is 3.55. The van der Waals surface area contributed by atoms with Crippen molar-refractivity contribution in [3.05, 3.63) is 47.5 Å². The van der Waals surface area contributed by atoms with E-state index in [1.54, 1.807) is 31.2 Å². The summed E-state index contributed by atoms with van der Waals surface area (Å²) in [6.45, 7) is 11.3. The van der Waals surface area contributed by atoms with E-state index in [1.807, 2.05) is 0 Å². The number of hydrogen-bond acceptors (Lipinski definition) is 7. The van der Waals surface area contributed by atoms with Crippen molar-refractivity contribution in [1.82, 2.24) is 0 Å². The Labute approximate surface area is 229 Å².